The Balaban J connectivity index is 1.65. The number of guanidine groups is 1. The molecule has 2 rings (SSSR count). The van der Waals surface area contributed by atoms with Gasteiger partial charge in [0.05, 0.1) is 10.7 Å². The van der Waals surface area contributed by atoms with Crippen LogP contribution >= 0.6 is 11.3 Å². The van der Waals surface area contributed by atoms with Gasteiger partial charge in [-0.1, -0.05) is 27.2 Å². The molecule has 0 bridgehead atoms. The highest BCUT2D eigenvalue weighted by molar-refractivity contribution is 7.09. The van der Waals surface area contributed by atoms with Crippen LogP contribution in [0.4, 0.5) is 0 Å². The van der Waals surface area contributed by atoms with Crippen LogP contribution in [0.3, 0.4) is 0 Å². The van der Waals surface area contributed by atoms with Gasteiger partial charge in [0.2, 0.25) is 0 Å². The first kappa shape index (κ1) is 19.2. The largest absolute Gasteiger partial charge is 0.356 e. The number of piperidine rings is 1. The van der Waals surface area contributed by atoms with Crippen molar-refractivity contribution in [1.82, 2.24) is 20.5 Å². The van der Waals surface area contributed by atoms with Crippen molar-refractivity contribution in [2.45, 2.75) is 51.9 Å². The summed E-state index contributed by atoms with van der Waals surface area (Å²) in [7, 11) is 1.83. The molecule has 0 aliphatic carbocycles. The Bertz CT molecular complexity index is 512. The third-order valence-electron chi connectivity index (χ3n) is 4.34. The van der Waals surface area contributed by atoms with Gasteiger partial charge in [-0.25, -0.2) is 4.98 Å². The molecule has 0 unspecified atom stereocenters. The molecule has 1 aliphatic heterocycles. The Labute approximate surface area is 151 Å². The summed E-state index contributed by atoms with van der Waals surface area (Å²) in [5.74, 6) is 0.889. The summed E-state index contributed by atoms with van der Waals surface area (Å²) >= 11 is 1.75. The predicted molar refractivity (Wildman–Crippen MR) is 104 cm³/mol. The van der Waals surface area contributed by atoms with Crippen LogP contribution in [0, 0.1) is 0 Å². The highest BCUT2D eigenvalue weighted by Crippen LogP contribution is 2.23. The first-order valence-corrected chi connectivity index (χ1v) is 9.99. The average Bonchev–Trinajstić information content (AvgIpc) is 3.03. The number of aliphatic imine (C=N–C) groups is 1. The van der Waals surface area contributed by atoms with Crippen LogP contribution in [0.2, 0.25) is 0 Å². The SMILES string of the molecule is CN=C(NCCc1nc(C(C)(C)C)cs1)NCCN1CCCCC1. The molecule has 0 amide bonds. The lowest BCUT2D eigenvalue weighted by molar-refractivity contribution is 0.232. The van der Waals surface area contributed by atoms with Gasteiger partial charge < -0.3 is 15.5 Å². The molecular weight excluding hydrogens is 318 g/mol. The fourth-order valence-corrected chi connectivity index (χ4v) is 3.82. The highest BCUT2D eigenvalue weighted by Gasteiger charge is 2.17. The molecular formula is C18H33N5S. The minimum absolute atomic E-state index is 0.133. The Morgan fingerprint density at radius 3 is 2.54 bits per heavy atom. The molecule has 0 spiro atoms. The van der Waals surface area contributed by atoms with Crippen LogP contribution in [-0.4, -0.2) is 55.6 Å². The van der Waals surface area contributed by atoms with Crippen molar-refractivity contribution >= 4 is 17.3 Å². The van der Waals surface area contributed by atoms with Crippen molar-refractivity contribution < 1.29 is 0 Å². The Morgan fingerprint density at radius 2 is 1.92 bits per heavy atom. The van der Waals surface area contributed by atoms with Crippen molar-refractivity contribution in [2.75, 3.05) is 39.8 Å². The fraction of sp³-hybridized carbons (Fsp3) is 0.778. The van der Waals surface area contributed by atoms with Crippen molar-refractivity contribution in [3.63, 3.8) is 0 Å². The van der Waals surface area contributed by atoms with Crippen LogP contribution in [0.25, 0.3) is 0 Å². The molecule has 136 valence electrons. The third kappa shape index (κ3) is 6.40. The summed E-state index contributed by atoms with van der Waals surface area (Å²) in [5.41, 5.74) is 1.32. The van der Waals surface area contributed by atoms with Crippen LogP contribution in [0.1, 0.15) is 50.7 Å². The molecule has 0 saturated carbocycles. The molecule has 2 heterocycles. The number of hydrogen-bond donors (Lipinski definition) is 2. The van der Waals surface area contributed by atoms with Gasteiger partial charge in [-0.15, -0.1) is 11.3 Å². The second kappa shape index (κ2) is 9.37. The fourth-order valence-electron chi connectivity index (χ4n) is 2.79. The van der Waals surface area contributed by atoms with Crippen LogP contribution < -0.4 is 10.6 Å². The summed E-state index contributed by atoms with van der Waals surface area (Å²) in [4.78, 5) is 11.6. The van der Waals surface area contributed by atoms with E-state index in [2.05, 4.69) is 46.7 Å². The molecule has 24 heavy (non-hydrogen) atoms. The number of likely N-dealkylation sites (tertiary alicyclic amines) is 1. The third-order valence-corrected chi connectivity index (χ3v) is 5.25. The summed E-state index contributed by atoms with van der Waals surface area (Å²) in [6.07, 6.45) is 5.02. The minimum Gasteiger partial charge on any atom is -0.356 e. The monoisotopic (exact) mass is 351 g/mol. The smallest absolute Gasteiger partial charge is 0.191 e. The van der Waals surface area contributed by atoms with E-state index in [-0.39, 0.29) is 5.41 Å². The van der Waals surface area contributed by atoms with Gasteiger partial charge in [0.25, 0.3) is 0 Å². The number of thiazole rings is 1. The van der Waals surface area contributed by atoms with E-state index in [1.54, 1.807) is 11.3 Å². The zero-order valence-corrected chi connectivity index (χ0v) is 16.5. The Morgan fingerprint density at radius 1 is 1.21 bits per heavy atom. The van der Waals surface area contributed by atoms with Crippen molar-refractivity contribution in [1.29, 1.82) is 0 Å². The molecule has 1 aromatic heterocycles. The zero-order chi connectivity index (χ0) is 17.4. The standard InChI is InChI=1S/C18H33N5S/c1-18(2,3)15-14-24-16(22-15)8-9-20-17(19-4)21-10-13-23-11-6-5-7-12-23/h14H,5-13H2,1-4H3,(H2,19,20,21). The van der Waals surface area contributed by atoms with E-state index < -0.39 is 0 Å². The Kier molecular flexibility index (Phi) is 7.49. The van der Waals surface area contributed by atoms with Gasteiger partial charge >= 0.3 is 0 Å². The lowest BCUT2D eigenvalue weighted by Gasteiger charge is -2.26. The van der Waals surface area contributed by atoms with Crippen molar-refractivity contribution in [3.05, 3.63) is 16.1 Å². The molecule has 1 aliphatic rings. The first-order chi connectivity index (χ1) is 11.5. The summed E-state index contributed by atoms with van der Waals surface area (Å²) in [6, 6.07) is 0. The van der Waals surface area contributed by atoms with Gasteiger partial charge in [0.15, 0.2) is 5.96 Å². The first-order valence-electron chi connectivity index (χ1n) is 9.11. The quantitative estimate of drug-likeness (QED) is 0.611. The molecule has 2 N–H and O–H groups in total. The van der Waals surface area contributed by atoms with E-state index in [0.29, 0.717) is 0 Å². The van der Waals surface area contributed by atoms with Crippen LogP contribution in [0.5, 0.6) is 0 Å². The molecule has 0 atom stereocenters. The maximum absolute atomic E-state index is 4.74. The number of aromatic nitrogens is 1. The minimum atomic E-state index is 0.133. The molecule has 5 nitrogen and oxygen atoms in total. The number of rotatable bonds is 6. The van der Waals surface area contributed by atoms with E-state index in [1.807, 2.05) is 7.05 Å². The maximum Gasteiger partial charge on any atom is 0.191 e. The van der Waals surface area contributed by atoms with Gasteiger partial charge in [0, 0.05) is 43.9 Å². The van der Waals surface area contributed by atoms with E-state index in [0.717, 1.165) is 32.0 Å². The average molecular weight is 352 g/mol. The van der Waals surface area contributed by atoms with E-state index >= 15 is 0 Å². The van der Waals surface area contributed by atoms with Gasteiger partial charge in [-0.2, -0.15) is 0 Å². The number of nitrogens with zero attached hydrogens (tertiary/aromatic N) is 3. The molecule has 1 aromatic rings. The van der Waals surface area contributed by atoms with E-state index in [4.69, 9.17) is 4.98 Å². The molecule has 6 heteroatoms. The molecule has 1 fully saturated rings. The molecule has 1 saturated heterocycles. The highest BCUT2D eigenvalue weighted by atomic mass is 32.1. The van der Waals surface area contributed by atoms with E-state index in [1.165, 1.54) is 43.1 Å². The number of hydrogen-bond acceptors (Lipinski definition) is 4. The zero-order valence-electron chi connectivity index (χ0n) is 15.7. The maximum atomic E-state index is 4.74. The van der Waals surface area contributed by atoms with Crippen LogP contribution in [-0.2, 0) is 11.8 Å². The second-order valence-electron chi connectivity index (χ2n) is 7.45. The van der Waals surface area contributed by atoms with Crippen LogP contribution in [0.15, 0.2) is 10.4 Å². The number of nitrogens with one attached hydrogen (secondary N) is 2. The lowest BCUT2D eigenvalue weighted by atomic mass is 9.93. The van der Waals surface area contributed by atoms with Gasteiger partial charge in [-0.3, -0.25) is 4.99 Å². The molecule has 0 aromatic carbocycles. The Hall–Kier alpha value is -1.14. The summed E-state index contributed by atoms with van der Waals surface area (Å²) in [5, 5.41) is 10.2. The van der Waals surface area contributed by atoms with E-state index in [9.17, 15) is 0 Å². The topological polar surface area (TPSA) is 52.6 Å². The summed E-state index contributed by atoms with van der Waals surface area (Å²) < 4.78 is 0. The second-order valence-corrected chi connectivity index (χ2v) is 8.40. The van der Waals surface area contributed by atoms with Gasteiger partial charge in [-0.05, 0) is 25.9 Å². The normalized spacial score (nSPS) is 17.1. The summed E-state index contributed by atoms with van der Waals surface area (Å²) in [6.45, 7) is 12.0. The van der Waals surface area contributed by atoms with Gasteiger partial charge in [0.1, 0.15) is 0 Å². The molecule has 0 radical (unpaired) electrons. The van der Waals surface area contributed by atoms with Crippen molar-refractivity contribution in [2.24, 2.45) is 4.99 Å². The van der Waals surface area contributed by atoms with Crippen molar-refractivity contribution in [3.8, 4) is 0 Å². The predicted octanol–water partition coefficient (Wildman–Crippen LogP) is 2.63. The lowest BCUT2D eigenvalue weighted by Crippen LogP contribution is -2.43.